The predicted molar refractivity (Wildman–Crippen MR) is 140 cm³/mol. The van der Waals surface area contributed by atoms with Gasteiger partial charge in [-0.15, -0.1) is 11.3 Å². The molecule has 4 nitrogen and oxygen atoms in total. The molecule has 3 aromatic heterocycles. The average Bonchev–Trinajstić information content (AvgIpc) is 3.08. The average molecular weight is 627 g/mol. The number of halogens is 8. The second kappa shape index (κ2) is 11.2. The first-order valence-electron chi connectivity index (χ1n) is 8.60. The Morgan fingerprint density at radius 1 is 1.00 bits per heavy atom. The normalized spacial score (nSPS) is 11.4. The van der Waals surface area contributed by atoms with E-state index in [0.717, 1.165) is 4.88 Å². The lowest BCUT2D eigenvalue weighted by Crippen LogP contribution is -2.36. The highest BCUT2D eigenvalue weighted by atomic mass is 35.9. The molecule has 168 valence electrons. The van der Waals surface area contributed by atoms with Gasteiger partial charge in [0.1, 0.15) is 12.1 Å². The quantitative estimate of drug-likeness (QED) is 0.133. The van der Waals surface area contributed by atoms with Gasteiger partial charge in [0, 0.05) is 22.3 Å². The topological polar surface area (TPSA) is 39.0 Å². The molecule has 3 heterocycles. The molecule has 32 heavy (non-hydrogen) atoms. The van der Waals surface area contributed by atoms with Crippen molar-refractivity contribution < 1.29 is 4.40 Å². The highest BCUT2D eigenvalue weighted by molar-refractivity contribution is 7.81. The van der Waals surface area contributed by atoms with E-state index in [1.54, 1.807) is 39.6 Å². The van der Waals surface area contributed by atoms with Crippen LogP contribution in [0.2, 0.25) is 19.7 Å². The second-order valence-electron chi connectivity index (χ2n) is 6.22. The van der Waals surface area contributed by atoms with Crippen LogP contribution >= 0.6 is 97.9 Å². The summed E-state index contributed by atoms with van der Waals surface area (Å²) in [6.45, 7) is 0.315. The van der Waals surface area contributed by atoms with E-state index < -0.39 is 9.39 Å². The number of pyridine rings is 1. The van der Waals surface area contributed by atoms with Crippen LogP contribution in [0.3, 0.4) is 0 Å². The van der Waals surface area contributed by atoms with Crippen molar-refractivity contribution in [2.45, 2.75) is 6.54 Å². The van der Waals surface area contributed by atoms with Crippen LogP contribution in [0.15, 0.2) is 53.6 Å². The summed E-state index contributed by atoms with van der Waals surface area (Å²) in [5, 5.41) is 1.13. The Morgan fingerprint density at radius 3 is 2.19 bits per heavy atom. The van der Waals surface area contributed by atoms with E-state index in [2.05, 4.69) is 4.98 Å². The molecule has 14 heteroatoms. The third-order valence-electron chi connectivity index (χ3n) is 3.98. The van der Waals surface area contributed by atoms with Crippen LogP contribution in [-0.2, 0) is 6.54 Å². The fourth-order valence-corrected chi connectivity index (χ4v) is 4.70. The van der Waals surface area contributed by atoms with Crippen molar-refractivity contribution in [2.75, 3.05) is 0 Å². The Labute approximate surface area is 226 Å². The van der Waals surface area contributed by atoms with Gasteiger partial charge in [-0.2, -0.15) is 8.97 Å². The maximum Gasteiger partial charge on any atom is 0.564 e. The number of benzene rings is 1. The first-order valence-corrected chi connectivity index (χ1v) is 17.9. The van der Waals surface area contributed by atoms with Gasteiger partial charge in [-0.3, -0.25) is 0 Å². The molecule has 0 atom stereocenters. The minimum absolute atomic E-state index is 0.256. The number of aromatic nitrogens is 3. The molecule has 0 spiro atoms. The maximum atomic E-state index is 13.4. The lowest BCUT2D eigenvalue weighted by Gasteiger charge is -2.09. The van der Waals surface area contributed by atoms with E-state index in [0.29, 0.717) is 37.8 Å². The summed E-state index contributed by atoms with van der Waals surface area (Å²) in [6.07, 6.45) is 3.45. The Bertz CT molecular complexity index is 1310. The Morgan fingerprint density at radius 2 is 1.62 bits per heavy atom. The second-order valence-corrected chi connectivity index (χ2v) is 22.0. The summed E-state index contributed by atoms with van der Waals surface area (Å²) < 4.78 is 3.79. The molecule has 4 aromatic rings. The fourth-order valence-electron chi connectivity index (χ4n) is 2.87. The summed E-state index contributed by atoms with van der Waals surface area (Å²) >= 11 is 26.1. The molecule has 0 fully saturated rings. The molecular weight excluding hydrogens is 617 g/mol. The standard InChI is InChI=1S/C18H10Cl4N3OS.Al.4ClH/c19-11-5-10(6-12(20)7-11)15-16(21)24-4-2-1-3-14(24)25(17(15)26)9-13-8-23-18(22)27-13;;;;;/h1-8H,9H2;;4*1H/q+1;+3;;;;/p-4. The summed E-state index contributed by atoms with van der Waals surface area (Å²) in [5.74, 6) is 0. The predicted octanol–water partition coefficient (Wildman–Crippen LogP) is 7.75. The first-order chi connectivity index (χ1) is 14.9. The zero-order valence-corrected chi connectivity index (χ0v) is 23.6. The molecule has 0 saturated heterocycles. The first kappa shape index (κ1) is 26.7. The Hall–Kier alpha value is 0.0625. The molecule has 4 rings (SSSR count). The molecule has 0 radical (unpaired) electrons. The zero-order chi connectivity index (χ0) is 23.6. The molecule has 0 amide bonds. The van der Waals surface area contributed by atoms with Crippen molar-refractivity contribution >= 4 is 113 Å². The maximum absolute atomic E-state index is 13.4. The van der Waals surface area contributed by atoms with E-state index in [-0.39, 0.29) is 10.7 Å². The van der Waals surface area contributed by atoms with Gasteiger partial charge in [0.05, 0.1) is 11.1 Å². The molecule has 0 N–H and O–H groups in total. The van der Waals surface area contributed by atoms with E-state index in [1.165, 1.54) is 11.3 Å². The van der Waals surface area contributed by atoms with Crippen molar-refractivity contribution in [3.63, 3.8) is 0 Å². The van der Waals surface area contributed by atoms with Crippen molar-refractivity contribution in [3.8, 4) is 11.1 Å². The number of thiazole rings is 1. The summed E-state index contributed by atoms with van der Waals surface area (Å²) in [4.78, 5) is 18.3. The minimum atomic E-state index is -2.94. The van der Waals surface area contributed by atoms with Crippen molar-refractivity contribution in [1.82, 2.24) is 9.55 Å². The number of nitrogens with zero attached hydrogens (tertiary/aromatic N) is 3. The molecule has 0 saturated carbocycles. The van der Waals surface area contributed by atoms with Gasteiger partial charge in [0.25, 0.3) is 5.65 Å². The van der Waals surface area contributed by atoms with E-state index in [1.807, 2.05) is 18.2 Å². The summed E-state index contributed by atoms with van der Waals surface area (Å²) in [6, 6.07) is 10.4. The zero-order valence-electron chi connectivity index (χ0n) is 15.6. The highest BCUT2D eigenvalue weighted by Crippen LogP contribution is 2.29. The van der Waals surface area contributed by atoms with Gasteiger partial charge in [-0.1, -0.05) is 40.9 Å². The summed E-state index contributed by atoms with van der Waals surface area (Å²) in [7, 11) is 17.0. The van der Waals surface area contributed by atoms with Crippen LogP contribution < -0.4 is 9.96 Å². The lowest BCUT2D eigenvalue weighted by molar-refractivity contribution is -0.513. The Balaban J connectivity index is 0.000000523. The molecule has 0 aliphatic heterocycles. The largest absolute Gasteiger partial charge is 0.564 e. The number of fused-ring (bicyclic) bond motifs is 1. The van der Waals surface area contributed by atoms with Gasteiger partial charge in [-0.05, 0) is 41.4 Å². The van der Waals surface area contributed by atoms with E-state index >= 15 is 0 Å². The van der Waals surface area contributed by atoms with Gasteiger partial charge in [0.2, 0.25) is 5.15 Å². The Kier molecular flexibility index (Phi) is 9.33. The van der Waals surface area contributed by atoms with Crippen molar-refractivity contribution in [2.24, 2.45) is 0 Å². The lowest BCUT2D eigenvalue weighted by atomic mass is 10.1. The fraction of sp³-hybridized carbons (Fsp3) is 0.0556. The van der Waals surface area contributed by atoms with Crippen LogP contribution in [0.25, 0.3) is 16.8 Å². The van der Waals surface area contributed by atoms with Gasteiger partial charge in [0.15, 0.2) is 4.47 Å². The number of rotatable bonds is 3. The molecule has 0 bridgehead atoms. The molecular formula is C18H10AlCl8N3OS. The smallest absolute Gasteiger partial charge is 0.391 e. The van der Waals surface area contributed by atoms with Crippen LogP contribution in [0.1, 0.15) is 4.88 Å². The van der Waals surface area contributed by atoms with Crippen molar-refractivity contribution in [1.29, 1.82) is 0 Å². The van der Waals surface area contributed by atoms with Gasteiger partial charge < -0.3 is 40.2 Å². The summed E-state index contributed by atoms with van der Waals surface area (Å²) in [5.41, 5.74) is 1.26. The minimum Gasteiger partial charge on any atom is -0.391 e. The molecule has 1 aromatic carbocycles. The number of hydrogen-bond donors (Lipinski definition) is 0. The van der Waals surface area contributed by atoms with Crippen LogP contribution in [-0.4, -0.2) is 18.9 Å². The number of hydrogen-bond acceptors (Lipinski definition) is 3. The van der Waals surface area contributed by atoms with Crippen LogP contribution in [0.4, 0.5) is 0 Å². The van der Waals surface area contributed by atoms with E-state index in [9.17, 15) is 4.79 Å². The molecule has 0 unspecified atom stereocenters. The highest BCUT2D eigenvalue weighted by Gasteiger charge is 2.25. The molecule has 0 aliphatic rings. The monoisotopic (exact) mass is 623 g/mol. The van der Waals surface area contributed by atoms with Crippen LogP contribution in [0, 0.1) is 0 Å². The SMILES string of the molecule is O=c1c(-c2cc(Cl)cc(Cl)c2)c(Cl)[n+]2ccccc2n1Cc1cnc(Cl)s1.[Cl][Al-]([Cl])([Cl])[Cl]. The van der Waals surface area contributed by atoms with Crippen molar-refractivity contribution in [3.05, 3.63) is 83.7 Å². The van der Waals surface area contributed by atoms with Gasteiger partial charge >= 0.3 is 15.0 Å². The third-order valence-corrected chi connectivity index (χ3v) is 5.89. The van der Waals surface area contributed by atoms with E-state index in [4.69, 9.17) is 86.6 Å². The third kappa shape index (κ3) is 7.04. The molecule has 0 aliphatic carbocycles. The van der Waals surface area contributed by atoms with Gasteiger partial charge in [-0.25, -0.2) is 9.78 Å². The van der Waals surface area contributed by atoms with Crippen LogP contribution in [0.5, 0.6) is 0 Å².